The molecule has 3 rings (SSSR count). The summed E-state index contributed by atoms with van der Waals surface area (Å²) in [6.45, 7) is 5.89. The van der Waals surface area contributed by atoms with E-state index in [2.05, 4.69) is 40.2 Å². The fourth-order valence-corrected chi connectivity index (χ4v) is 3.25. The Kier molecular flexibility index (Phi) is 5.71. The van der Waals surface area contributed by atoms with Gasteiger partial charge < -0.3 is 10.2 Å². The summed E-state index contributed by atoms with van der Waals surface area (Å²) in [7, 11) is 0. The highest BCUT2D eigenvalue weighted by molar-refractivity contribution is 5.92. The predicted octanol–water partition coefficient (Wildman–Crippen LogP) is 2.46. The van der Waals surface area contributed by atoms with Crippen LogP contribution >= 0.6 is 0 Å². The summed E-state index contributed by atoms with van der Waals surface area (Å²) in [5.41, 5.74) is 1.50. The number of nitrogens with one attached hydrogen (secondary N) is 1. The van der Waals surface area contributed by atoms with Gasteiger partial charge in [-0.25, -0.2) is 4.98 Å². The maximum atomic E-state index is 12.5. The number of aromatic nitrogens is 3. The average molecular weight is 339 g/mol. The van der Waals surface area contributed by atoms with Crippen LogP contribution in [-0.2, 0) is 0 Å². The molecule has 1 amide bonds. The van der Waals surface area contributed by atoms with Gasteiger partial charge in [-0.3, -0.25) is 14.8 Å². The zero-order valence-corrected chi connectivity index (χ0v) is 14.8. The molecule has 1 aliphatic rings. The molecule has 3 heterocycles. The van der Waals surface area contributed by atoms with E-state index in [1.165, 1.54) is 6.20 Å². The van der Waals surface area contributed by atoms with Crippen molar-refractivity contribution < 1.29 is 4.79 Å². The molecule has 1 fully saturated rings. The number of carbonyl (C=O) groups excluding carboxylic acids is 1. The number of hydrogen-bond acceptors (Lipinski definition) is 5. The Hall–Kier alpha value is -2.34. The molecule has 6 heteroatoms. The molecule has 0 bridgehead atoms. The van der Waals surface area contributed by atoms with Crippen molar-refractivity contribution in [1.82, 2.24) is 25.2 Å². The van der Waals surface area contributed by atoms with Crippen molar-refractivity contribution in [3.8, 4) is 0 Å². The number of carbonyl (C=O) groups is 1. The lowest BCUT2D eigenvalue weighted by molar-refractivity contribution is 0.0692. The van der Waals surface area contributed by atoms with Crippen LogP contribution in [0.25, 0.3) is 0 Å². The zero-order chi connectivity index (χ0) is 17.6. The second kappa shape index (κ2) is 8.16. The Balaban J connectivity index is 1.57. The molecule has 0 radical (unpaired) electrons. The highest BCUT2D eigenvalue weighted by atomic mass is 16.2. The first-order valence-corrected chi connectivity index (χ1v) is 8.87. The highest BCUT2D eigenvalue weighted by Gasteiger charge is 2.27. The summed E-state index contributed by atoms with van der Waals surface area (Å²) in [4.78, 5) is 26.9. The quantitative estimate of drug-likeness (QED) is 0.906. The van der Waals surface area contributed by atoms with Crippen LogP contribution in [0.3, 0.4) is 0 Å². The van der Waals surface area contributed by atoms with E-state index in [0.29, 0.717) is 17.7 Å². The minimum atomic E-state index is -0.0308. The van der Waals surface area contributed by atoms with E-state index in [1.54, 1.807) is 12.4 Å². The minimum Gasteiger partial charge on any atom is -0.337 e. The van der Waals surface area contributed by atoms with Gasteiger partial charge in [0.05, 0.1) is 17.9 Å². The Bertz CT molecular complexity index is 669. The predicted molar refractivity (Wildman–Crippen MR) is 95.9 cm³/mol. The lowest BCUT2D eigenvalue weighted by Crippen LogP contribution is -2.46. The Morgan fingerprint density at radius 1 is 1.16 bits per heavy atom. The summed E-state index contributed by atoms with van der Waals surface area (Å²) in [6.07, 6.45) is 8.37. The molecule has 1 aliphatic heterocycles. The molecule has 2 aromatic rings. The first kappa shape index (κ1) is 17.5. The van der Waals surface area contributed by atoms with E-state index >= 15 is 0 Å². The van der Waals surface area contributed by atoms with Gasteiger partial charge in [0.15, 0.2) is 0 Å². The molecule has 1 unspecified atom stereocenters. The van der Waals surface area contributed by atoms with Crippen molar-refractivity contribution in [1.29, 1.82) is 0 Å². The molecule has 0 spiro atoms. The zero-order valence-electron chi connectivity index (χ0n) is 14.8. The smallest absolute Gasteiger partial charge is 0.274 e. The number of pyridine rings is 1. The fourth-order valence-electron chi connectivity index (χ4n) is 3.25. The van der Waals surface area contributed by atoms with Crippen LogP contribution in [-0.4, -0.2) is 44.9 Å². The monoisotopic (exact) mass is 339 g/mol. The number of rotatable bonds is 5. The van der Waals surface area contributed by atoms with E-state index in [9.17, 15) is 4.79 Å². The molecule has 2 aromatic heterocycles. The van der Waals surface area contributed by atoms with Gasteiger partial charge in [-0.1, -0.05) is 19.9 Å². The second-order valence-corrected chi connectivity index (χ2v) is 6.80. The lowest BCUT2D eigenvalue weighted by atomic mass is 9.96. The molecule has 0 aliphatic carbocycles. The maximum Gasteiger partial charge on any atom is 0.274 e. The van der Waals surface area contributed by atoms with Crippen molar-refractivity contribution in [2.75, 3.05) is 13.1 Å². The Labute approximate surface area is 148 Å². The normalized spacial score (nSPS) is 16.8. The van der Waals surface area contributed by atoms with Crippen molar-refractivity contribution in [3.05, 3.63) is 54.4 Å². The summed E-state index contributed by atoms with van der Waals surface area (Å²) in [6, 6.07) is 6.66. The van der Waals surface area contributed by atoms with Crippen molar-refractivity contribution in [3.63, 3.8) is 0 Å². The van der Waals surface area contributed by atoms with Gasteiger partial charge in [-0.15, -0.1) is 0 Å². The van der Waals surface area contributed by atoms with Gasteiger partial charge in [0.25, 0.3) is 5.91 Å². The summed E-state index contributed by atoms with van der Waals surface area (Å²) in [5.74, 6) is 0.422. The topological polar surface area (TPSA) is 71.0 Å². The number of amides is 1. The number of piperidine rings is 1. The van der Waals surface area contributed by atoms with E-state index in [1.807, 2.05) is 23.2 Å². The lowest BCUT2D eigenvalue weighted by Gasteiger charge is -2.35. The van der Waals surface area contributed by atoms with E-state index in [4.69, 9.17) is 0 Å². The largest absolute Gasteiger partial charge is 0.337 e. The van der Waals surface area contributed by atoms with E-state index in [-0.39, 0.29) is 11.9 Å². The van der Waals surface area contributed by atoms with Gasteiger partial charge in [0.1, 0.15) is 5.69 Å². The van der Waals surface area contributed by atoms with Crippen LogP contribution < -0.4 is 5.32 Å². The van der Waals surface area contributed by atoms with Gasteiger partial charge in [0.2, 0.25) is 0 Å². The molecule has 1 saturated heterocycles. The fraction of sp³-hybridized carbons (Fsp3) is 0.474. The maximum absolute atomic E-state index is 12.5. The standard InChI is InChI=1S/C19H25N5O/c1-14(2)18(16-5-3-4-8-21-16)23-15-6-11-24(12-7-15)19(25)17-13-20-9-10-22-17/h3-5,8-10,13-15,18,23H,6-7,11-12H2,1-2H3. The minimum absolute atomic E-state index is 0.0308. The summed E-state index contributed by atoms with van der Waals surface area (Å²) >= 11 is 0. The number of likely N-dealkylation sites (tertiary alicyclic amines) is 1. The van der Waals surface area contributed by atoms with E-state index < -0.39 is 0 Å². The molecule has 6 nitrogen and oxygen atoms in total. The molecule has 1 N–H and O–H groups in total. The number of hydrogen-bond donors (Lipinski definition) is 1. The second-order valence-electron chi connectivity index (χ2n) is 6.80. The van der Waals surface area contributed by atoms with Crippen molar-refractivity contribution >= 4 is 5.91 Å². The van der Waals surface area contributed by atoms with Crippen LogP contribution in [0.5, 0.6) is 0 Å². The van der Waals surface area contributed by atoms with Gasteiger partial charge in [0, 0.05) is 37.7 Å². The van der Waals surface area contributed by atoms with Gasteiger partial charge >= 0.3 is 0 Å². The van der Waals surface area contributed by atoms with Crippen LogP contribution in [0.2, 0.25) is 0 Å². The van der Waals surface area contributed by atoms with Crippen LogP contribution in [0.4, 0.5) is 0 Å². The first-order chi connectivity index (χ1) is 12.1. The third-order valence-corrected chi connectivity index (χ3v) is 4.65. The molecule has 132 valence electrons. The summed E-state index contributed by atoms with van der Waals surface area (Å²) in [5, 5.41) is 3.74. The highest BCUT2D eigenvalue weighted by Crippen LogP contribution is 2.23. The van der Waals surface area contributed by atoms with E-state index in [0.717, 1.165) is 31.6 Å². The summed E-state index contributed by atoms with van der Waals surface area (Å²) < 4.78 is 0. The SMILES string of the molecule is CC(C)C(NC1CCN(C(=O)c2cnccn2)CC1)c1ccccn1. The molecular formula is C19H25N5O. The molecular weight excluding hydrogens is 314 g/mol. The van der Waals surface area contributed by atoms with Crippen LogP contribution in [0, 0.1) is 5.92 Å². The molecule has 0 saturated carbocycles. The first-order valence-electron chi connectivity index (χ1n) is 8.87. The van der Waals surface area contributed by atoms with Crippen molar-refractivity contribution in [2.24, 2.45) is 5.92 Å². The Morgan fingerprint density at radius 2 is 1.96 bits per heavy atom. The van der Waals surface area contributed by atoms with Crippen molar-refractivity contribution in [2.45, 2.75) is 38.8 Å². The molecule has 1 atom stereocenters. The molecule has 0 aromatic carbocycles. The third-order valence-electron chi connectivity index (χ3n) is 4.65. The van der Waals surface area contributed by atoms with Crippen LogP contribution in [0.15, 0.2) is 43.0 Å². The Morgan fingerprint density at radius 3 is 2.56 bits per heavy atom. The van der Waals surface area contributed by atoms with Gasteiger partial charge in [-0.05, 0) is 30.9 Å². The number of nitrogens with zero attached hydrogens (tertiary/aromatic N) is 4. The molecule has 25 heavy (non-hydrogen) atoms. The van der Waals surface area contributed by atoms with Crippen LogP contribution in [0.1, 0.15) is 48.9 Å². The van der Waals surface area contributed by atoms with Gasteiger partial charge in [-0.2, -0.15) is 0 Å². The average Bonchev–Trinajstić information content (AvgIpc) is 2.67. The third kappa shape index (κ3) is 4.39.